The molecule has 6 heteroatoms. The van der Waals surface area contributed by atoms with E-state index < -0.39 is 0 Å². The third-order valence-electron chi connectivity index (χ3n) is 3.05. The van der Waals surface area contributed by atoms with E-state index in [1.165, 1.54) is 23.5 Å². The fourth-order valence-electron chi connectivity index (χ4n) is 2.13. The number of hydrogen-bond donors (Lipinski definition) is 1. The summed E-state index contributed by atoms with van der Waals surface area (Å²) in [6.07, 6.45) is 0. The number of ether oxygens (including phenoxy) is 1. The van der Waals surface area contributed by atoms with E-state index in [-0.39, 0.29) is 5.82 Å². The van der Waals surface area contributed by atoms with E-state index in [1.54, 1.807) is 13.2 Å². The fourth-order valence-corrected chi connectivity index (χ4v) is 2.92. The van der Waals surface area contributed by atoms with E-state index in [0.717, 1.165) is 10.6 Å². The molecule has 0 aliphatic carbocycles. The number of thiophene rings is 1. The normalized spacial score (nSPS) is 10.8. The lowest BCUT2D eigenvalue weighted by Crippen LogP contribution is -2.03. The van der Waals surface area contributed by atoms with Crippen molar-refractivity contribution in [2.75, 3.05) is 19.0 Å². The van der Waals surface area contributed by atoms with Crippen LogP contribution in [-0.2, 0) is 0 Å². The van der Waals surface area contributed by atoms with Gasteiger partial charge in [-0.2, -0.15) is 0 Å². The fraction of sp³-hybridized carbons (Fsp3) is 0.200. The number of methoxy groups -OCH3 is 1. The quantitative estimate of drug-likeness (QED) is 0.793. The van der Waals surface area contributed by atoms with Crippen LogP contribution in [0, 0.1) is 5.82 Å². The van der Waals surface area contributed by atoms with Gasteiger partial charge >= 0.3 is 0 Å². The Morgan fingerprint density at radius 3 is 2.90 bits per heavy atom. The molecule has 0 saturated heterocycles. The molecule has 3 rings (SSSR count). The van der Waals surface area contributed by atoms with E-state index in [1.807, 2.05) is 18.4 Å². The van der Waals surface area contributed by atoms with Crippen LogP contribution in [0.1, 0.15) is 6.92 Å². The molecule has 0 bridgehead atoms. The van der Waals surface area contributed by atoms with Crippen LogP contribution in [-0.4, -0.2) is 23.6 Å². The molecule has 1 aromatic carbocycles. The number of hydrogen-bond acceptors (Lipinski definition) is 5. The Morgan fingerprint density at radius 1 is 1.29 bits per heavy atom. The number of fused-ring (bicyclic) bond motifs is 1. The zero-order valence-corrected chi connectivity index (χ0v) is 12.5. The zero-order valence-electron chi connectivity index (χ0n) is 11.7. The third-order valence-corrected chi connectivity index (χ3v) is 3.95. The van der Waals surface area contributed by atoms with Gasteiger partial charge < -0.3 is 10.1 Å². The third kappa shape index (κ3) is 2.54. The van der Waals surface area contributed by atoms with E-state index in [4.69, 9.17) is 4.74 Å². The molecule has 0 atom stereocenters. The van der Waals surface area contributed by atoms with Crippen LogP contribution < -0.4 is 10.1 Å². The standard InChI is InChI=1S/C15H14FN3OS/c1-3-17-14-10-8-9(16)4-5-11(10)18-15(19-14)13-12(20-2)6-7-21-13/h4-8H,3H2,1-2H3,(H,17,18,19). The predicted octanol–water partition coefficient (Wildman–Crippen LogP) is 3.94. The van der Waals surface area contributed by atoms with Crippen LogP contribution in [0.25, 0.3) is 21.6 Å². The maximum Gasteiger partial charge on any atom is 0.176 e. The molecule has 0 unspecified atom stereocenters. The molecule has 0 spiro atoms. The molecule has 2 aromatic heterocycles. The number of nitrogens with zero attached hydrogens (tertiary/aromatic N) is 2. The SMILES string of the molecule is CCNc1nc(-c2sccc2OC)nc2ccc(F)cc12. The Bertz CT molecular complexity index is 788. The highest BCUT2D eigenvalue weighted by atomic mass is 32.1. The van der Waals surface area contributed by atoms with Crippen molar-refractivity contribution in [2.45, 2.75) is 6.92 Å². The van der Waals surface area contributed by atoms with Crippen LogP contribution in [0.15, 0.2) is 29.6 Å². The second-order valence-electron chi connectivity index (χ2n) is 4.41. The molecule has 4 nitrogen and oxygen atoms in total. The first-order chi connectivity index (χ1) is 10.2. The van der Waals surface area contributed by atoms with Crippen LogP contribution >= 0.6 is 11.3 Å². The van der Waals surface area contributed by atoms with Gasteiger partial charge in [-0.3, -0.25) is 0 Å². The van der Waals surface area contributed by atoms with Crippen LogP contribution in [0.2, 0.25) is 0 Å². The predicted molar refractivity (Wildman–Crippen MR) is 83.5 cm³/mol. The van der Waals surface area contributed by atoms with E-state index in [2.05, 4.69) is 15.3 Å². The number of anilines is 1. The van der Waals surface area contributed by atoms with Gasteiger partial charge in [0.2, 0.25) is 0 Å². The molecule has 0 radical (unpaired) electrons. The van der Waals surface area contributed by atoms with Gasteiger partial charge in [-0.05, 0) is 36.6 Å². The van der Waals surface area contributed by atoms with Crippen molar-refractivity contribution in [1.29, 1.82) is 0 Å². The first kappa shape index (κ1) is 13.8. The molecule has 21 heavy (non-hydrogen) atoms. The molecule has 3 aromatic rings. The van der Waals surface area contributed by atoms with Crippen molar-refractivity contribution in [3.05, 3.63) is 35.5 Å². The van der Waals surface area contributed by atoms with Crippen molar-refractivity contribution >= 4 is 28.1 Å². The van der Waals surface area contributed by atoms with Crippen molar-refractivity contribution in [2.24, 2.45) is 0 Å². The molecule has 1 N–H and O–H groups in total. The Hall–Kier alpha value is -2.21. The summed E-state index contributed by atoms with van der Waals surface area (Å²) in [6, 6.07) is 6.39. The van der Waals surface area contributed by atoms with Crippen molar-refractivity contribution in [1.82, 2.24) is 9.97 Å². The highest BCUT2D eigenvalue weighted by Crippen LogP contribution is 2.35. The van der Waals surface area contributed by atoms with Crippen LogP contribution in [0.5, 0.6) is 5.75 Å². The number of benzene rings is 1. The van der Waals surface area contributed by atoms with Gasteiger partial charge in [-0.25, -0.2) is 14.4 Å². The Balaban J connectivity index is 2.23. The Kier molecular flexibility index (Phi) is 3.70. The smallest absolute Gasteiger partial charge is 0.176 e. The zero-order chi connectivity index (χ0) is 14.8. The van der Waals surface area contributed by atoms with Gasteiger partial charge in [0.05, 0.1) is 12.6 Å². The van der Waals surface area contributed by atoms with Crippen LogP contribution in [0.4, 0.5) is 10.2 Å². The molecule has 0 aliphatic rings. The topological polar surface area (TPSA) is 47.0 Å². The summed E-state index contributed by atoms with van der Waals surface area (Å²) in [5.41, 5.74) is 0.702. The van der Waals surface area contributed by atoms with Crippen molar-refractivity contribution in [3.8, 4) is 16.5 Å². The minimum absolute atomic E-state index is 0.299. The largest absolute Gasteiger partial charge is 0.495 e. The Morgan fingerprint density at radius 2 is 2.14 bits per heavy atom. The lowest BCUT2D eigenvalue weighted by Gasteiger charge is -2.09. The van der Waals surface area contributed by atoms with E-state index in [9.17, 15) is 4.39 Å². The molecular formula is C15H14FN3OS. The summed E-state index contributed by atoms with van der Waals surface area (Å²) >= 11 is 1.51. The average Bonchev–Trinajstić information content (AvgIpc) is 2.96. The average molecular weight is 303 g/mol. The van der Waals surface area contributed by atoms with Crippen molar-refractivity contribution < 1.29 is 9.13 Å². The van der Waals surface area contributed by atoms with Crippen LogP contribution in [0.3, 0.4) is 0 Å². The maximum atomic E-state index is 13.4. The highest BCUT2D eigenvalue weighted by molar-refractivity contribution is 7.13. The lowest BCUT2D eigenvalue weighted by molar-refractivity contribution is 0.418. The molecule has 108 valence electrons. The van der Waals surface area contributed by atoms with Gasteiger partial charge in [0, 0.05) is 11.9 Å². The maximum absolute atomic E-state index is 13.4. The number of halogens is 1. The van der Waals surface area contributed by atoms with E-state index in [0.29, 0.717) is 29.1 Å². The van der Waals surface area contributed by atoms with Crippen molar-refractivity contribution in [3.63, 3.8) is 0 Å². The number of rotatable bonds is 4. The second-order valence-corrected chi connectivity index (χ2v) is 5.32. The summed E-state index contributed by atoms with van der Waals surface area (Å²) in [5.74, 6) is 1.65. The molecule has 0 saturated carbocycles. The highest BCUT2D eigenvalue weighted by Gasteiger charge is 2.14. The molecule has 0 fully saturated rings. The van der Waals surface area contributed by atoms with Gasteiger partial charge in [-0.1, -0.05) is 0 Å². The van der Waals surface area contributed by atoms with Gasteiger partial charge in [0.1, 0.15) is 22.3 Å². The molecular weight excluding hydrogens is 289 g/mol. The summed E-state index contributed by atoms with van der Waals surface area (Å²) in [7, 11) is 1.62. The number of aromatic nitrogens is 2. The first-order valence-corrected chi connectivity index (χ1v) is 7.44. The molecule has 0 aliphatic heterocycles. The summed E-state index contributed by atoms with van der Waals surface area (Å²) in [6.45, 7) is 2.67. The minimum Gasteiger partial charge on any atom is -0.495 e. The monoisotopic (exact) mass is 303 g/mol. The lowest BCUT2D eigenvalue weighted by atomic mass is 10.2. The first-order valence-electron chi connectivity index (χ1n) is 6.56. The van der Waals surface area contributed by atoms with Gasteiger partial charge in [0.15, 0.2) is 5.82 Å². The minimum atomic E-state index is -0.299. The van der Waals surface area contributed by atoms with E-state index >= 15 is 0 Å². The summed E-state index contributed by atoms with van der Waals surface area (Å²) in [5, 5.41) is 5.77. The van der Waals surface area contributed by atoms with Gasteiger partial charge in [0.25, 0.3) is 0 Å². The van der Waals surface area contributed by atoms with Gasteiger partial charge in [-0.15, -0.1) is 11.3 Å². The summed E-state index contributed by atoms with van der Waals surface area (Å²) in [4.78, 5) is 9.91. The number of nitrogens with one attached hydrogen (secondary N) is 1. The Labute approximate surface area is 125 Å². The molecule has 0 amide bonds. The second kappa shape index (κ2) is 5.65. The molecule has 2 heterocycles. The summed E-state index contributed by atoms with van der Waals surface area (Å²) < 4.78 is 18.8.